The summed E-state index contributed by atoms with van der Waals surface area (Å²) in [6, 6.07) is 9.84. The van der Waals surface area contributed by atoms with E-state index in [1.807, 2.05) is 30.3 Å². The van der Waals surface area contributed by atoms with Crippen molar-refractivity contribution in [2.24, 2.45) is 0 Å². The molecule has 0 aliphatic heterocycles. The van der Waals surface area contributed by atoms with E-state index in [1.54, 1.807) is 24.8 Å². The van der Waals surface area contributed by atoms with Crippen molar-refractivity contribution in [2.75, 3.05) is 5.32 Å². The van der Waals surface area contributed by atoms with Crippen LogP contribution in [0.2, 0.25) is 0 Å². The molecule has 0 radical (unpaired) electrons. The van der Waals surface area contributed by atoms with Gasteiger partial charge < -0.3 is 10.3 Å². The topological polar surface area (TPSA) is 66.5 Å². The van der Waals surface area contributed by atoms with Crippen molar-refractivity contribution >= 4 is 11.5 Å². The first kappa shape index (κ1) is 10.5. The van der Waals surface area contributed by atoms with Gasteiger partial charge in [-0.25, -0.2) is 9.97 Å². The van der Waals surface area contributed by atoms with Gasteiger partial charge in [-0.05, 0) is 12.1 Å². The van der Waals surface area contributed by atoms with E-state index in [4.69, 9.17) is 0 Å². The Bertz CT molecular complexity index is 619. The lowest BCUT2D eigenvalue weighted by Gasteiger charge is -2.05. The molecule has 2 aromatic heterocycles. The molecular formula is C13H11N5. The van der Waals surface area contributed by atoms with Crippen LogP contribution >= 0.6 is 0 Å². The summed E-state index contributed by atoms with van der Waals surface area (Å²) in [7, 11) is 0. The molecule has 1 aromatic carbocycles. The number of aromatic nitrogens is 4. The van der Waals surface area contributed by atoms with Crippen LogP contribution in [0.25, 0.3) is 11.5 Å². The van der Waals surface area contributed by atoms with Gasteiger partial charge >= 0.3 is 0 Å². The third-order valence-corrected chi connectivity index (χ3v) is 2.42. The summed E-state index contributed by atoms with van der Waals surface area (Å²) in [6.07, 6.45) is 6.80. The Morgan fingerprint density at radius 3 is 2.72 bits per heavy atom. The van der Waals surface area contributed by atoms with Crippen LogP contribution in [0.15, 0.2) is 55.1 Å². The zero-order valence-electron chi connectivity index (χ0n) is 9.54. The van der Waals surface area contributed by atoms with Crippen LogP contribution in [-0.4, -0.2) is 19.9 Å². The van der Waals surface area contributed by atoms with Gasteiger partial charge in [-0.15, -0.1) is 0 Å². The van der Waals surface area contributed by atoms with Crippen LogP contribution in [0.5, 0.6) is 0 Å². The molecule has 18 heavy (non-hydrogen) atoms. The molecule has 5 heteroatoms. The molecule has 0 bridgehead atoms. The Balaban J connectivity index is 1.88. The van der Waals surface area contributed by atoms with Crippen molar-refractivity contribution in [3.8, 4) is 11.5 Å². The summed E-state index contributed by atoms with van der Waals surface area (Å²) in [5, 5.41) is 3.19. The molecule has 0 saturated carbocycles. The third-order valence-electron chi connectivity index (χ3n) is 2.42. The Labute approximate surface area is 104 Å². The van der Waals surface area contributed by atoms with Crippen molar-refractivity contribution in [3.05, 3.63) is 55.1 Å². The molecule has 88 valence electrons. The molecule has 2 N–H and O–H groups in total. The number of benzene rings is 1. The van der Waals surface area contributed by atoms with Gasteiger partial charge in [0.1, 0.15) is 11.5 Å². The highest BCUT2D eigenvalue weighted by Gasteiger charge is 2.03. The van der Waals surface area contributed by atoms with E-state index in [2.05, 4.69) is 25.3 Å². The molecule has 0 spiro atoms. The number of nitrogens with zero attached hydrogens (tertiary/aromatic N) is 3. The first-order valence-corrected chi connectivity index (χ1v) is 5.56. The number of para-hydroxylation sites is 1. The quantitative estimate of drug-likeness (QED) is 0.734. The standard InChI is InChI=1S/C13H11N5/c1-2-4-10(5-3-1)17-12-9-14-8-11(18-12)13-15-6-7-16-13/h1-9H,(H,15,16)(H,17,18). The van der Waals surface area contributed by atoms with Crippen LogP contribution in [0, 0.1) is 0 Å². The number of nitrogens with one attached hydrogen (secondary N) is 2. The smallest absolute Gasteiger partial charge is 0.157 e. The minimum absolute atomic E-state index is 0.690. The van der Waals surface area contributed by atoms with Crippen LogP contribution in [0.4, 0.5) is 11.5 Å². The van der Waals surface area contributed by atoms with Gasteiger partial charge in [0.05, 0.1) is 12.4 Å². The second kappa shape index (κ2) is 4.67. The van der Waals surface area contributed by atoms with Crippen molar-refractivity contribution in [3.63, 3.8) is 0 Å². The number of hydrogen-bond acceptors (Lipinski definition) is 4. The van der Waals surface area contributed by atoms with Gasteiger partial charge in [-0.2, -0.15) is 0 Å². The minimum Gasteiger partial charge on any atom is -0.343 e. The summed E-state index contributed by atoms with van der Waals surface area (Å²) in [5.41, 5.74) is 1.68. The highest BCUT2D eigenvalue weighted by molar-refractivity contribution is 5.58. The van der Waals surface area contributed by atoms with E-state index in [1.165, 1.54) is 0 Å². The molecule has 3 rings (SSSR count). The third kappa shape index (κ3) is 2.20. The van der Waals surface area contributed by atoms with Gasteiger partial charge in [0, 0.05) is 18.1 Å². The number of hydrogen-bond donors (Lipinski definition) is 2. The first-order valence-electron chi connectivity index (χ1n) is 5.56. The average Bonchev–Trinajstić information content (AvgIpc) is 2.94. The molecule has 3 aromatic rings. The fourth-order valence-corrected chi connectivity index (χ4v) is 1.62. The van der Waals surface area contributed by atoms with Crippen molar-refractivity contribution < 1.29 is 0 Å². The minimum atomic E-state index is 0.690. The largest absolute Gasteiger partial charge is 0.343 e. The van der Waals surface area contributed by atoms with Crippen LogP contribution in [0.3, 0.4) is 0 Å². The summed E-state index contributed by atoms with van der Waals surface area (Å²) in [6.45, 7) is 0. The Morgan fingerprint density at radius 1 is 1.06 bits per heavy atom. The summed E-state index contributed by atoms with van der Waals surface area (Å²) >= 11 is 0. The maximum absolute atomic E-state index is 4.44. The highest BCUT2D eigenvalue weighted by atomic mass is 15.0. The fourth-order valence-electron chi connectivity index (χ4n) is 1.62. The second-order valence-electron chi connectivity index (χ2n) is 3.72. The molecule has 0 atom stereocenters. The van der Waals surface area contributed by atoms with E-state index in [0.717, 1.165) is 5.69 Å². The van der Waals surface area contributed by atoms with Gasteiger partial charge in [-0.1, -0.05) is 18.2 Å². The molecular weight excluding hydrogens is 226 g/mol. The molecule has 0 fully saturated rings. The van der Waals surface area contributed by atoms with Crippen LogP contribution < -0.4 is 5.32 Å². The predicted octanol–water partition coefficient (Wildman–Crippen LogP) is 2.61. The molecule has 5 nitrogen and oxygen atoms in total. The van der Waals surface area contributed by atoms with Crippen molar-refractivity contribution in [1.29, 1.82) is 0 Å². The van der Waals surface area contributed by atoms with Gasteiger partial charge in [0.2, 0.25) is 0 Å². The molecule has 0 aliphatic carbocycles. The zero-order valence-corrected chi connectivity index (χ0v) is 9.54. The van der Waals surface area contributed by atoms with Crippen molar-refractivity contribution in [1.82, 2.24) is 19.9 Å². The van der Waals surface area contributed by atoms with E-state index in [0.29, 0.717) is 17.3 Å². The maximum Gasteiger partial charge on any atom is 0.157 e. The van der Waals surface area contributed by atoms with E-state index < -0.39 is 0 Å². The summed E-state index contributed by atoms with van der Waals surface area (Å²) < 4.78 is 0. The molecule has 0 aliphatic rings. The monoisotopic (exact) mass is 237 g/mol. The van der Waals surface area contributed by atoms with Crippen LogP contribution in [-0.2, 0) is 0 Å². The lowest BCUT2D eigenvalue weighted by atomic mass is 10.3. The molecule has 0 saturated heterocycles. The number of H-pyrrole nitrogens is 1. The van der Waals surface area contributed by atoms with Crippen LogP contribution in [0.1, 0.15) is 0 Å². The first-order chi connectivity index (χ1) is 8.92. The lowest BCUT2D eigenvalue weighted by molar-refractivity contribution is 1.16. The number of aromatic amines is 1. The Morgan fingerprint density at radius 2 is 1.94 bits per heavy atom. The predicted molar refractivity (Wildman–Crippen MR) is 69.3 cm³/mol. The SMILES string of the molecule is c1ccc(Nc2cncc(-c3ncc[nH]3)n2)cc1. The van der Waals surface area contributed by atoms with E-state index in [-0.39, 0.29) is 0 Å². The maximum atomic E-state index is 4.44. The lowest BCUT2D eigenvalue weighted by Crippen LogP contribution is -1.96. The summed E-state index contributed by atoms with van der Waals surface area (Å²) in [5.74, 6) is 1.40. The van der Waals surface area contributed by atoms with E-state index >= 15 is 0 Å². The Kier molecular flexibility index (Phi) is 2.71. The van der Waals surface area contributed by atoms with Gasteiger partial charge in [-0.3, -0.25) is 4.98 Å². The molecule has 0 amide bonds. The van der Waals surface area contributed by atoms with Gasteiger partial charge in [0.15, 0.2) is 5.82 Å². The molecule has 0 unspecified atom stereocenters. The normalized spacial score (nSPS) is 10.2. The van der Waals surface area contributed by atoms with E-state index in [9.17, 15) is 0 Å². The van der Waals surface area contributed by atoms with Gasteiger partial charge in [0.25, 0.3) is 0 Å². The average molecular weight is 237 g/mol. The number of anilines is 2. The fraction of sp³-hybridized carbons (Fsp3) is 0. The second-order valence-corrected chi connectivity index (χ2v) is 3.72. The Hall–Kier alpha value is -2.69. The highest BCUT2D eigenvalue weighted by Crippen LogP contribution is 2.16. The number of rotatable bonds is 3. The van der Waals surface area contributed by atoms with Crippen molar-refractivity contribution in [2.45, 2.75) is 0 Å². The zero-order chi connectivity index (χ0) is 12.2. The summed E-state index contributed by atoms with van der Waals surface area (Å²) in [4.78, 5) is 15.7. The number of imidazole rings is 1. The molecule has 2 heterocycles.